The molecule has 0 bridgehead atoms. The normalized spacial score (nSPS) is 19.6. The second-order valence-corrected chi connectivity index (χ2v) is 3.78. The molecule has 4 heteroatoms. The molecule has 0 spiro atoms. The van der Waals surface area contributed by atoms with E-state index in [0.717, 1.165) is 6.42 Å². The van der Waals surface area contributed by atoms with Crippen LogP contribution in [0.1, 0.15) is 12.0 Å². The lowest BCUT2D eigenvalue weighted by molar-refractivity contribution is -0.136. The summed E-state index contributed by atoms with van der Waals surface area (Å²) in [4.78, 5) is 10.7. The Kier molecular flexibility index (Phi) is 3.41. The lowest BCUT2D eigenvalue weighted by Gasteiger charge is -2.14. The molecule has 0 radical (unpaired) electrons. The maximum Gasteiger partial charge on any atom is 0.307 e. The van der Waals surface area contributed by atoms with Crippen LogP contribution in [0.2, 0.25) is 0 Å². The van der Waals surface area contributed by atoms with Crippen LogP contribution in [-0.4, -0.2) is 30.4 Å². The van der Waals surface area contributed by atoms with Crippen LogP contribution < -0.4 is 4.74 Å². The largest absolute Gasteiger partial charge is 0.488 e. The summed E-state index contributed by atoms with van der Waals surface area (Å²) in [6.45, 7) is 1.30. The van der Waals surface area contributed by atoms with Crippen LogP contribution in [-0.2, 0) is 16.0 Å². The maximum absolute atomic E-state index is 10.7. The van der Waals surface area contributed by atoms with Crippen molar-refractivity contribution in [1.29, 1.82) is 0 Å². The average molecular weight is 222 g/mol. The predicted molar refractivity (Wildman–Crippen MR) is 57.6 cm³/mol. The van der Waals surface area contributed by atoms with E-state index in [1.807, 2.05) is 12.1 Å². The van der Waals surface area contributed by atoms with Crippen LogP contribution >= 0.6 is 0 Å². The highest BCUT2D eigenvalue weighted by Gasteiger charge is 2.18. The molecule has 86 valence electrons. The van der Waals surface area contributed by atoms with Gasteiger partial charge in [-0.15, -0.1) is 0 Å². The van der Waals surface area contributed by atoms with Gasteiger partial charge in [-0.3, -0.25) is 4.79 Å². The fourth-order valence-electron chi connectivity index (χ4n) is 1.71. The standard InChI is InChI=1S/C12H14O4/c13-12(14)7-9-3-1-2-4-11(9)16-10-5-6-15-8-10/h1-4,10H,5-8H2,(H,13,14)/t10-/m1/s1. The van der Waals surface area contributed by atoms with Gasteiger partial charge in [-0.05, 0) is 6.07 Å². The van der Waals surface area contributed by atoms with E-state index in [2.05, 4.69) is 0 Å². The van der Waals surface area contributed by atoms with Gasteiger partial charge in [0.2, 0.25) is 0 Å². The Morgan fingerprint density at radius 2 is 2.31 bits per heavy atom. The molecule has 0 aromatic heterocycles. The zero-order chi connectivity index (χ0) is 11.4. The Balaban J connectivity index is 2.09. The molecular weight excluding hydrogens is 208 g/mol. The van der Waals surface area contributed by atoms with Crippen molar-refractivity contribution in [2.75, 3.05) is 13.2 Å². The van der Waals surface area contributed by atoms with Crippen molar-refractivity contribution >= 4 is 5.97 Å². The monoisotopic (exact) mass is 222 g/mol. The number of hydrogen-bond donors (Lipinski definition) is 1. The van der Waals surface area contributed by atoms with Crippen LogP contribution in [0.5, 0.6) is 5.75 Å². The van der Waals surface area contributed by atoms with Gasteiger partial charge >= 0.3 is 5.97 Å². The van der Waals surface area contributed by atoms with E-state index in [4.69, 9.17) is 14.6 Å². The number of ether oxygens (including phenoxy) is 2. The molecule has 16 heavy (non-hydrogen) atoms. The molecule has 1 N–H and O–H groups in total. The van der Waals surface area contributed by atoms with Gasteiger partial charge in [0.05, 0.1) is 19.6 Å². The first-order chi connectivity index (χ1) is 7.75. The molecule has 1 heterocycles. The summed E-state index contributed by atoms with van der Waals surface area (Å²) in [5.74, 6) is -0.195. The molecule has 1 saturated heterocycles. The number of aliphatic carboxylic acids is 1. The molecule has 0 unspecified atom stereocenters. The van der Waals surface area contributed by atoms with Crippen molar-refractivity contribution in [1.82, 2.24) is 0 Å². The number of carbonyl (C=O) groups is 1. The first kappa shape index (κ1) is 11.0. The van der Waals surface area contributed by atoms with Crippen molar-refractivity contribution in [2.45, 2.75) is 18.9 Å². The number of para-hydroxylation sites is 1. The van der Waals surface area contributed by atoms with Crippen LogP contribution in [0.4, 0.5) is 0 Å². The maximum atomic E-state index is 10.7. The smallest absolute Gasteiger partial charge is 0.307 e. The molecule has 1 atom stereocenters. The van der Waals surface area contributed by atoms with Crippen LogP contribution in [0.25, 0.3) is 0 Å². The highest BCUT2D eigenvalue weighted by molar-refractivity contribution is 5.71. The van der Waals surface area contributed by atoms with Gasteiger partial charge in [-0.25, -0.2) is 0 Å². The number of carboxylic acid groups (broad SMARTS) is 1. The highest BCUT2D eigenvalue weighted by atomic mass is 16.5. The number of rotatable bonds is 4. The lowest BCUT2D eigenvalue weighted by Crippen LogP contribution is -2.17. The molecule has 2 rings (SSSR count). The Morgan fingerprint density at radius 1 is 1.50 bits per heavy atom. The fraction of sp³-hybridized carbons (Fsp3) is 0.417. The summed E-state index contributed by atoms with van der Waals surface area (Å²) < 4.78 is 10.9. The lowest BCUT2D eigenvalue weighted by atomic mass is 10.1. The quantitative estimate of drug-likeness (QED) is 0.838. The summed E-state index contributed by atoms with van der Waals surface area (Å²) >= 11 is 0. The van der Waals surface area contributed by atoms with Crippen LogP contribution in [0, 0.1) is 0 Å². The predicted octanol–water partition coefficient (Wildman–Crippen LogP) is 1.48. The average Bonchev–Trinajstić information content (AvgIpc) is 2.73. The fourth-order valence-corrected chi connectivity index (χ4v) is 1.71. The summed E-state index contributed by atoms with van der Waals surface area (Å²) in [6.07, 6.45) is 0.903. The molecular formula is C12H14O4. The number of hydrogen-bond acceptors (Lipinski definition) is 3. The summed E-state index contributed by atoms with van der Waals surface area (Å²) in [5, 5.41) is 8.77. The second kappa shape index (κ2) is 4.99. The third kappa shape index (κ3) is 2.73. The van der Waals surface area contributed by atoms with Crippen LogP contribution in [0.15, 0.2) is 24.3 Å². The highest BCUT2D eigenvalue weighted by Crippen LogP contribution is 2.22. The Morgan fingerprint density at radius 3 is 3.00 bits per heavy atom. The SMILES string of the molecule is O=C(O)Cc1ccccc1O[C@@H]1CCOC1. The van der Waals surface area contributed by atoms with E-state index in [9.17, 15) is 4.79 Å². The first-order valence-corrected chi connectivity index (χ1v) is 5.30. The van der Waals surface area contributed by atoms with Crippen molar-refractivity contribution in [3.8, 4) is 5.75 Å². The van der Waals surface area contributed by atoms with E-state index >= 15 is 0 Å². The topological polar surface area (TPSA) is 55.8 Å². The molecule has 1 aliphatic rings. The van der Waals surface area contributed by atoms with E-state index in [-0.39, 0.29) is 12.5 Å². The van der Waals surface area contributed by atoms with Gasteiger partial charge in [0.1, 0.15) is 11.9 Å². The Hall–Kier alpha value is -1.55. The molecule has 0 amide bonds. The van der Waals surface area contributed by atoms with Gasteiger partial charge in [0.15, 0.2) is 0 Å². The summed E-state index contributed by atoms with van der Waals surface area (Å²) in [5.41, 5.74) is 0.710. The van der Waals surface area contributed by atoms with E-state index in [1.165, 1.54) is 0 Å². The molecule has 0 saturated carbocycles. The van der Waals surface area contributed by atoms with E-state index < -0.39 is 5.97 Å². The molecule has 1 aromatic carbocycles. The molecule has 1 aromatic rings. The Bertz CT molecular complexity index is 369. The molecule has 0 aliphatic carbocycles. The van der Waals surface area contributed by atoms with E-state index in [0.29, 0.717) is 24.5 Å². The second-order valence-electron chi connectivity index (χ2n) is 3.78. The molecule has 4 nitrogen and oxygen atoms in total. The molecule has 1 fully saturated rings. The minimum absolute atomic E-state index is 0.0102. The number of benzene rings is 1. The first-order valence-electron chi connectivity index (χ1n) is 5.30. The zero-order valence-electron chi connectivity index (χ0n) is 8.89. The van der Waals surface area contributed by atoms with Gasteiger partial charge < -0.3 is 14.6 Å². The van der Waals surface area contributed by atoms with Crippen molar-refractivity contribution < 1.29 is 19.4 Å². The van der Waals surface area contributed by atoms with Crippen molar-refractivity contribution in [3.05, 3.63) is 29.8 Å². The van der Waals surface area contributed by atoms with Gasteiger partial charge in [0, 0.05) is 12.0 Å². The van der Waals surface area contributed by atoms with Crippen molar-refractivity contribution in [3.63, 3.8) is 0 Å². The minimum Gasteiger partial charge on any atom is -0.488 e. The summed E-state index contributed by atoms with van der Waals surface area (Å²) in [7, 11) is 0. The number of carboxylic acids is 1. The molecule has 1 aliphatic heterocycles. The van der Waals surface area contributed by atoms with Gasteiger partial charge in [-0.1, -0.05) is 18.2 Å². The third-order valence-corrected chi connectivity index (χ3v) is 2.50. The van der Waals surface area contributed by atoms with Crippen LogP contribution in [0.3, 0.4) is 0 Å². The summed E-state index contributed by atoms with van der Waals surface area (Å²) in [6, 6.07) is 7.24. The van der Waals surface area contributed by atoms with Crippen molar-refractivity contribution in [2.24, 2.45) is 0 Å². The van der Waals surface area contributed by atoms with E-state index in [1.54, 1.807) is 12.1 Å². The Labute approximate surface area is 93.8 Å². The van der Waals surface area contributed by atoms with Gasteiger partial charge in [-0.2, -0.15) is 0 Å². The zero-order valence-corrected chi connectivity index (χ0v) is 8.89. The minimum atomic E-state index is -0.848. The third-order valence-electron chi connectivity index (χ3n) is 2.50. The van der Waals surface area contributed by atoms with Gasteiger partial charge in [0.25, 0.3) is 0 Å².